The average Bonchev–Trinajstić information content (AvgIpc) is 2.60. The van der Waals surface area contributed by atoms with Crippen molar-refractivity contribution in [2.45, 2.75) is 18.7 Å². The molecular weight excluding hydrogens is 348 g/mol. The molecular formula is C16H22N2O6S. The van der Waals surface area contributed by atoms with Gasteiger partial charge in [-0.25, -0.2) is 8.42 Å². The minimum absolute atomic E-state index is 0.190. The Morgan fingerprint density at radius 1 is 1.08 bits per heavy atom. The summed E-state index contributed by atoms with van der Waals surface area (Å²) in [5.74, 6) is -0.235. The number of rotatable bonds is 6. The molecule has 0 saturated carbocycles. The van der Waals surface area contributed by atoms with Crippen molar-refractivity contribution >= 4 is 21.9 Å². The molecule has 0 N–H and O–H groups in total. The van der Waals surface area contributed by atoms with Gasteiger partial charge in [0, 0.05) is 33.1 Å². The van der Waals surface area contributed by atoms with Crippen LogP contribution in [0.1, 0.15) is 13.8 Å². The number of esters is 1. The van der Waals surface area contributed by atoms with Crippen molar-refractivity contribution in [2.75, 3.05) is 39.4 Å². The maximum atomic E-state index is 12.7. The van der Waals surface area contributed by atoms with Crippen molar-refractivity contribution in [3.63, 3.8) is 0 Å². The Balaban J connectivity index is 1.96. The van der Waals surface area contributed by atoms with E-state index in [9.17, 15) is 18.0 Å². The zero-order valence-electron chi connectivity index (χ0n) is 14.3. The molecule has 0 aromatic heterocycles. The van der Waals surface area contributed by atoms with Gasteiger partial charge >= 0.3 is 5.97 Å². The van der Waals surface area contributed by atoms with Crippen molar-refractivity contribution < 1.29 is 27.5 Å². The van der Waals surface area contributed by atoms with Gasteiger partial charge in [-0.2, -0.15) is 4.31 Å². The molecule has 0 spiro atoms. The fraction of sp³-hybridized carbons (Fsp3) is 0.500. The molecule has 1 amide bonds. The number of benzene rings is 1. The molecule has 2 rings (SSSR count). The summed E-state index contributed by atoms with van der Waals surface area (Å²) in [4.78, 5) is 24.3. The molecule has 25 heavy (non-hydrogen) atoms. The maximum absolute atomic E-state index is 12.7. The molecule has 1 fully saturated rings. The van der Waals surface area contributed by atoms with Crippen LogP contribution in [-0.4, -0.2) is 68.9 Å². The number of carbonyl (C=O) groups is 2. The second kappa shape index (κ2) is 8.30. The number of sulfonamides is 1. The third kappa shape index (κ3) is 4.93. The predicted octanol–water partition coefficient (Wildman–Crippen LogP) is 0.481. The summed E-state index contributed by atoms with van der Waals surface area (Å²) in [6, 6.07) is 6.27. The molecule has 1 aromatic rings. The molecule has 9 heteroatoms. The van der Waals surface area contributed by atoms with Gasteiger partial charge in [0.25, 0.3) is 5.91 Å². The molecule has 1 saturated heterocycles. The molecule has 1 aliphatic rings. The highest BCUT2D eigenvalue weighted by Gasteiger charge is 2.30. The van der Waals surface area contributed by atoms with Gasteiger partial charge in [0.15, 0.2) is 6.61 Å². The Bertz CT molecular complexity index is 709. The summed E-state index contributed by atoms with van der Waals surface area (Å²) in [5.41, 5.74) is 0. The summed E-state index contributed by atoms with van der Waals surface area (Å²) in [6.07, 6.45) is 0. The third-order valence-corrected chi connectivity index (χ3v) is 5.68. The van der Waals surface area contributed by atoms with E-state index in [1.54, 1.807) is 12.1 Å². The Morgan fingerprint density at radius 3 is 2.20 bits per heavy atom. The highest BCUT2D eigenvalue weighted by Crippen LogP contribution is 2.21. The molecule has 0 aliphatic carbocycles. The highest BCUT2D eigenvalue weighted by atomic mass is 32.2. The van der Waals surface area contributed by atoms with Gasteiger partial charge in [0.1, 0.15) is 5.75 Å². The van der Waals surface area contributed by atoms with Gasteiger partial charge in [-0.05, 0) is 31.2 Å². The minimum atomic E-state index is -3.61. The van der Waals surface area contributed by atoms with E-state index in [4.69, 9.17) is 4.74 Å². The second-order valence-electron chi connectivity index (χ2n) is 5.47. The first kappa shape index (κ1) is 19.2. The zero-order chi connectivity index (χ0) is 18.4. The van der Waals surface area contributed by atoms with Crippen molar-refractivity contribution in [3.8, 4) is 5.75 Å². The largest absolute Gasteiger partial charge is 0.494 e. The van der Waals surface area contributed by atoms with Crippen LogP contribution in [0, 0.1) is 0 Å². The minimum Gasteiger partial charge on any atom is -0.494 e. The van der Waals surface area contributed by atoms with E-state index in [2.05, 4.69) is 4.74 Å². The third-order valence-electron chi connectivity index (χ3n) is 3.76. The summed E-state index contributed by atoms with van der Waals surface area (Å²) in [7, 11) is -3.61. The van der Waals surface area contributed by atoms with Crippen LogP contribution in [0.2, 0.25) is 0 Å². The molecule has 1 aliphatic heterocycles. The van der Waals surface area contributed by atoms with Crippen LogP contribution in [0.5, 0.6) is 5.75 Å². The van der Waals surface area contributed by atoms with Crippen LogP contribution in [0.25, 0.3) is 0 Å². The Labute approximate surface area is 147 Å². The van der Waals surface area contributed by atoms with Gasteiger partial charge in [0.2, 0.25) is 10.0 Å². The molecule has 0 unspecified atom stereocenters. The maximum Gasteiger partial charge on any atom is 0.303 e. The van der Waals surface area contributed by atoms with Gasteiger partial charge in [-0.15, -0.1) is 0 Å². The molecule has 0 atom stereocenters. The second-order valence-corrected chi connectivity index (χ2v) is 7.41. The summed E-state index contributed by atoms with van der Waals surface area (Å²) in [5, 5.41) is 0. The molecule has 1 heterocycles. The quantitative estimate of drug-likeness (QED) is 0.676. The summed E-state index contributed by atoms with van der Waals surface area (Å²) < 4.78 is 36.7. The number of hydrogen-bond donors (Lipinski definition) is 0. The van der Waals surface area contributed by atoms with Gasteiger partial charge < -0.3 is 14.4 Å². The lowest BCUT2D eigenvalue weighted by Gasteiger charge is -2.33. The monoisotopic (exact) mass is 370 g/mol. The van der Waals surface area contributed by atoms with E-state index < -0.39 is 16.0 Å². The molecule has 1 aromatic carbocycles. The van der Waals surface area contributed by atoms with E-state index in [0.29, 0.717) is 12.4 Å². The van der Waals surface area contributed by atoms with Crippen molar-refractivity contribution in [1.82, 2.24) is 9.21 Å². The van der Waals surface area contributed by atoms with E-state index in [0.717, 1.165) is 0 Å². The number of amides is 1. The Hall–Kier alpha value is -2.13. The Kier molecular flexibility index (Phi) is 6.38. The van der Waals surface area contributed by atoms with Crippen LogP contribution in [-0.2, 0) is 24.3 Å². The fourth-order valence-electron chi connectivity index (χ4n) is 2.46. The van der Waals surface area contributed by atoms with E-state index in [1.807, 2.05) is 6.92 Å². The van der Waals surface area contributed by atoms with Gasteiger partial charge in [-0.1, -0.05) is 0 Å². The first-order valence-corrected chi connectivity index (χ1v) is 9.42. The standard InChI is InChI=1S/C16H22N2O6S/c1-3-23-14-4-6-15(7-5-14)25(21,22)18-10-8-17(9-11-18)16(20)12-24-13(2)19/h4-7H,3,8-12H2,1-2H3. The number of carbonyl (C=O) groups excluding carboxylic acids is 2. The molecule has 138 valence electrons. The molecule has 8 nitrogen and oxygen atoms in total. The van der Waals surface area contributed by atoms with E-state index in [-0.39, 0.29) is 43.6 Å². The SMILES string of the molecule is CCOc1ccc(S(=O)(=O)N2CCN(C(=O)COC(C)=O)CC2)cc1. The summed E-state index contributed by atoms with van der Waals surface area (Å²) >= 11 is 0. The average molecular weight is 370 g/mol. The number of nitrogens with zero attached hydrogens (tertiary/aromatic N) is 2. The van der Waals surface area contributed by atoms with Crippen LogP contribution >= 0.6 is 0 Å². The van der Waals surface area contributed by atoms with Gasteiger partial charge in [0.05, 0.1) is 11.5 Å². The highest BCUT2D eigenvalue weighted by molar-refractivity contribution is 7.89. The zero-order valence-corrected chi connectivity index (χ0v) is 15.1. The number of piperazine rings is 1. The van der Waals surface area contributed by atoms with Crippen LogP contribution in [0.15, 0.2) is 29.2 Å². The van der Waals surface area contributed by atoms with E-state index in [1.165, 1.54) is 28.3 Å². The lowest BCUT2D eigenvalue weighted by Crippen LogP contribution is -2.51. The Morgan fingerprint density at radius 2 is 1.68 bits per heavy atom. The number of ether oxygens (including phenoxy) is 2. The smallest absolute Gasteiger partial charge is 0.303 e. The number of hydrogen-bond acceptors (Lipinski definition) is 6. The van der Waals surface area contributed by atoms with Crippen molar-refractivity contribution in [1.29, 1.82) is 0 Å². The van der Waals surface area contributed by atoms with Crippen molar-refractivity contribution in [2.24, 2.45) is 0 Å². The normalized spacial score (nSPS) is 15.7. The summed E-state index contributed by atoms with van der Waals surface area (Å²) in [6.45, 7) is 4.19. The fourth-order valence-corrected chi connectivity index (χ4v) is 3.88. The molecule has 0 radical (unpaired) electrons. The molecule has 0 bridgehead atoms. The lowest BCUT2D eigenvalue weighted by molar-refractivity contribution is -0.150. The first-order chi connectivity index (χ1) is 11.8. The topological polar surface area (TPSA) is 93.2 Å². The van der Waals surface area contributed by atoms with E-state index >= 15 is 0 Å². The predicted molar refractivity (Wildman–Crippen MR) is 89.6 cm³/mol. The van der Waals surface area contributed by atoms with Crippen LogP contribution in [0.4, 0.5) is 0 Å². The van der Waals surface area contributed by atoms with Crippen molar-refractivity contribution in [3.05, 3.63) is 24.3 Å². The van der Waals surface area contributed by atoms with Crippen LogP contribution in [0.3, 0.4) is 0 Å². The first-order valence-electron chi connectivity index (χ1n) is 7.98. The van der Waals surface area contributed by atoms with Gasteiger partial charge in [-0.3, -0.25) is 9.59 Å². The van der Waals surface area contributed by atoms with Crippen LogP contribution < -0.4 is 4.74 Å². The lowest BCUT2D eigenvalue weighted by atomic mass is 10.3.